The van der Waals surface area contributed by atoms with Crippen LogP contribution in [0.15, 0.2) is 0 Å². The predicted octanol–water partition coefficient (Wildman–Crippen LogP) is 2.09. The van der Waals surface area contributed by atoms with Gasteiger partial charge in [-0.05, 0) is 13.2 Å². The van der Waals surface area contributed by atoms with E-state index < -0.39 is 0 Å². The standard InChI is InChI=1S/C11H20N4S/c1-5-9-14-10(12)8(3)11(15-9)13-6-7(2)16-4/h7H,5-6H2,1-4H3,(H3,12,13,14,15). The first-order valence-corrected chi connectivity index (χ1v) is 6.76. The number of hydrogen-bond donors (Lipinski definition) is 2. The maximum atomic E-state index is 5.84. The summed E-state index contributed by atoms with van der Waals surface area (Å²) < 4.78 is 0. The third-order valence-corrected chi connectivity index (χ3v) is 3.48. The molecule has 1 aromatic rings. The van der Waals surface area contributed by atoms with Crippen LogP contribution in [0.3, 0.4) is 0 Å². The van der Waals surface area contributed by atoms with Gasteiger partial charge in [0.2, 0.25) is 0 Å². The van der Waals surface area contributed by atoms with E-state index in [4.69, 9.17) is 5.73 Å². The Morgan fingerprint density at radius 2 is 2.12 bits per heavy atom. The molecule has 0 amide bonds. The number of thioether (sulfide) groups is 1. The number of nitrogens with two attached hydrogens (primary N) is 1. The second-order valence-electron chi connectivity index (χ2n) is 3.78. The van der Waals surface area contributed by atoms with E-state index in [0.717, 1.165) is 30.2 Å². The molecule has 0 bridgehead atoms. The fourth-order valence-corrected chi connectivity index (χ4v) is 1.49. The van der Waals surface area contributed by atoms with Gasteiger partial charge in [0, 0.05) is 23.8 Å². The minimum atomic E-state index is 0.556. The lowest BCUT2D eigenvalue weighted by atomic mass is 10.3. The summed E-state index contributed by atoms with van der Waals surface area (Å²) >= 11 is 1.83. The zero-order chi connectivity index (χ0) is 12.1. The van der Waals surface area contributed by atoms with Crippen LogP contribution in [0.5, 0.6) is 0 Å². The third-order valence-electron chi connectivity index (χ3n) is 2.51. The Bertz CT molecular complexity index is 354. The van der Waals surface area contributed by atoms with Crippen LogP contribution < -0.4 is 11.1 Å². The van der Waals surface area contributed by atoms with Crippen molar-refractivity contribution in [3.8, 4) is 0 Å². The minimum Gasteiger partial charge on any atom is -0.383 e. The normalized spacial score (nSPS) is 12.5. The van der Waals surface area contributed by atoms with Crippen molar-refractivity contribution < 1.29 is 0 Å². The van der Waals surface area contributed by atoms with Crippen LogP contribution in [0.4, 0.5) is 11.6 Å². The molecule has 16 heavy (non-hydrogen) atoms. The van der Waals surface area contributed by atoms with Crippen molar-refractivity contribution in [1.29, 1.82) is 0 Å². The van der Waals surface area contributed by atoms with Crippen LogP contribution in [-0.4, -0.2) is 28.0 Å². The highest BCUT2D eigenvalue weighted by molar-refractivity contribution is 7.99. The van der Waals surface area contributed by atoms with Gasteiger partial charge in [-0.3, -0.25) is 0 Å². The molecule has 0 aliphatic heterocycles. The van der Waals surface area contributed by atoms with Crippen molar-refractivity contribution in [2.75, 3.05) is 23.9 Å². The topological polar surface area (TPSA) is 63.8 Å². The second kappa shape index (κ2) is 5.94. The summed E-state index contributed by atoms with van der Waals surface area (Å²) in [6.45, 7) is 7.04. The fraction of sp³-hybridized carbons (Fsp3) is 0.636. The predicted molar refractivity (Wildman–Crippen MR) is 72.0 cm³/mol. The van der Waals surface area contributed by atoms with Crippen LogP contribution >= 0.6 is 11.8 Å². The number of aromatic nitrogens is 2. The quantitative estimate of drug-likeness (QED) is 0.825. The summed E-state index contributed by atoms with van der Waals surface area (Å²) in [5.41, 5.74) is 6.78. The van der Waals surface area contributed by atoms with Gasteiger partial charge >= 0.3 is 0 Å². The molecule has 1 heterocycles. The van der Waals surface area contributed by atoms with E-state index >= 15 is 0 Å². The van der Waals surface area contributed by atoms with Gasteiger partial charge in [-0.15, -0.1) is 0 Å². The molecule has 4 nitrogen and oxygen atoms in total. The molecular weight excluding hydrogens is 220 g/mol. The molecule has 0 aromatic carbocycles. The average molecular weight is 240 g/mol. The highest BCUT2D eigenvalue weighted by atomic mass is 32.2. The number of aryl methyl sites for hydroxylation is 1. The fourth-order valence-electron chi connectivity index (χ4n) is 1.24. The molecule has 1 unspecified atom stereocenters. The summed E-state index contributed by atoms with van der Waals surface area (Å²) in [7, 11) is 0. The molecule has 0 fully saturated rings. The Labute approximate surface area is 101 Å². The lowest BCUT2D eigenvalue weighted by Gasteiger charge is -2.14. The smallest absolute Gasteiger partial charge is 0.134 e. The van der Waals surface area contributed by atoms with E-state index in [-0.39, 0.29) is 0 Å². The van der Waals surface area contributed by atoms with Gasteiger partial charge in [0.25, 0.3) is 0 Å². The Morgan fingerprint density at radius 3 is 2.69 bits per heavy atom. The van der Waals surface area contributed by atoms with Crippen molar-refractivity contribution in [1.82, 2.24) is 9.97 Å². The lowest BCUT2D eigenvalue weighted by molar-refractivity contribution is 0.918. The van der Waals surface area contributed by atoms with Crippen LogP contribution in [0.1, 0.15) is 25.2 Å². The van der Waals surface area contributed by atoms with Crippen molar-refractivity contribution in [3.63, 3.8) is 0 Å². The third kappa shape index (κ3) is 3.27. The molecule has 0 aliphatic carbocycles. The van der Waals surface area contributed by atoms with Gasteiger partial charge in [-0.1, -0.05) is 13.8 Å². The van der Waals surface area contributed by atoms with E-state index in [1.807, 2.05) is 25.6 Å². The SMILES string of the molecule is CCc1nc(N)c(C)c(NCC(C)SC)n1. The minimum absolute atomic E-state index is 0.556. The van der Waals surface area contributed by atoms with Gasteiger partial charge in [0.1, 0.15) is 17.5 Å². The summed E-state index contributed by atoms with van der Waals surface area (Å²) in [5, 5.41) is 3.88. The van der Waals surface area contributed by atoms with E-state index in [9.17, 15) is 0 Å². The first kappa shape index (κ1) is 13.1. The van der Waals surface area contributed by atoms with E-state index in [1.165, 1.54) is 0 Å². The number of rotatable bonds is 5. The van der Waals surface area contributed by atoms with Crippen LogP contribution in [-0.2, 0) is 6.42 Å². The van der Waals surface area contributed by atoms with Crippen molar-refractivity contribution in [2.24, 2.45) is 0 Å². The molecule has 0 aliphatic rings. The molecule has 0 spiro atoms. The lowest BCUT2D eigenvalue weighted by Crippen LogP contribution is -2.16. The van der Waals surface area contributed by atoms with Crippen molar-refractivity contribution in [2.45, 2.75) is 32.4 Å². The van der Waals surface area contributed by atoms with Gasteiger partial charge in [-0.2, -0.15) is 11.8 Å². The number of anilines is 2. The number of nitrogen functional groups attached to an aromatic ring is 1. The van der Waals surface area contributed by atoms with E-state index in [1.54, 1.807) is 0 Å². The molecule has 1 rings (SSSR count). The average Bonchev–Trinajstić information content (AvgIpc) is 2.30. The Balaban J connectivity index is 2.82. The summed E-state index contributed by atoms with van der Waals surface area (Å²) in [5.74, 6) is 2.24. The Hall–Kier alpha value is -0.970. The van der Waals surface area contributed by atoms with Crippen LogP contribution in [0.2, 0.25) is 0 Å². The zero-order valence-corrected chi connectivity index (χ0v) is 11.2. The molecule has 90 valence electrons. The first-order valence-electron chi connectivity index (χ1n) is 5.48. The van der Waals surface area contributed by atoms with Crippen LogP contribution in [0, 0.1) is 6.92 Å². The monoisotopic (exact) mass is 240 g/mol. The Kier molecular flexibility index (Phi) is 4.86. The second-order valence-corrected chi connectivity index (χ2v) is 5.06. The molecule has 3 N–H and O–H groups in total. The first-order chi connectivity index (χ1) is 7.58. The Morgan fingerprint density at radius 1 is 1.44 bits per heavy atom. The van der Waals surface area contributed by atoms with E-state index in [0.29, 0.717) is 11.1 Å². The maximum absolute atomic E-state index is 5.84. The molecule has 5 heteroatoms. The number of nitrogens with zero attached hydrogens (tertiary/aromatic N) is 2. The van der Waals surface area contributed by atoms with Crippen LogP contribution in [0.25, 0.3) is 0 Å². The largest absolute Gasteiger partial charge is 0.383 e. The zero-order valence-electron chi connectivity index (χ0n) is 10.4. The summed E-state index contributed by atoms with van der Waals surface area (Å²) in [4.78, 5) is 8.67. The number of hydrogen-bond acceptors (Lipinski definition) is 5. The molecule has 0 saturated carbocycles. The molecular formula is C11H20N4S. The van der Waals surface area contributed by atoms with Gasteiger partial charge < -0.3 is 11.1 Å². The highest BCUT2D eigenvalue weighted by Crippen LogP contribution is 2.18. The van der Waals surface area contributed by atoms with E-state index in [2.05, 4.69) is 28.5 Å². The van der Waals surface area contributed by atoms with Crippen molar-refractivity contribution >= 4 is 23.4 Å². The molecule has 1 aromatic heterocycles. The number of nitrogens with one attached hydrogen (secondary N) is 1. The molecule has 0 saturated heterocycles. The summed E-state index contributed by atoms with van der Waals surface area (Å²) in [6.07, 6.45) is 2.91. The summed E-state index contributed by atoms with van der Waals surface area (Å²) in [6, 6.07) is 0. The molecule has 0 radical (unpaired) electrons. The van der Waals surface area contributed by atoms with Gasteiger partial charge in [-0.25, -0.2) is 9.97 Å². The van der Waals surface area contributed by atoms with Gasteiger partial charge in [0.05, 0.1) is 0 Å². The highest BCUT2D eigenvalue weighted by Gasteiger charge is 2.08. The molecule has 1 atom stereocenters. The maximum Gasteiger partial charge on any atom is 0.134 e. The van der Waals surface area contributed by atoms with Gasteiger partial charge in [0.15, 0.2) is 0 Å². The van der Waals surface area contributed by atoms with Crippen molar-refractivity contribution in [3.05, 3.63) is 11.4 Å².